The molecule has 0 aromatic heterocycles. The second-order valence-corrected chi connectivity index (χ2v) is 6.85. The summed E-state index contributed by atoms with van der Waals surface area (Å²) in [5.41, 5.74) is 1.96. The number of carbonyl (C=O) groups is 3. The molecule has 6 heteroatoms. The van der Waals surface area contributed by atoms with Crippen molar-refractivity contribution in [1.29, 1.82) is 0 Å². The Morgan fingerprint density at radius 2 is 1.75 bits per heavy atom. The number of nitrogens with one attached hydrogen (secondary N) is 1. The number of ether oxygens (including phenoxy) is 1. The van der Waals surface area contributed by atoms with Gasteiger partial charge < -0.3 is 15.0 Å². The fraction of sp³-hybridized carbons (Fsp3) is 0.318. The molecule has 146 valence electrons. The standard InChI is InChI=1S/C22H24N2O4/c1-16(22(27)28-15-17-8-4-2-5-9-17)23-20(25)12-13-24-19(14-21(24)26)18-10-6-3-7-11-18/h2-11,16,19H,12-15H2,1H3,(H,23,25)/t16-,19?/m0/s1. The van der Waals surface area contributed by atoms with E-state index in [-0.39, 0.29) is 30.9 Å². The molecule has 0 saturated carbocycles. The molecule has 2 aromatic carbocycles. The molecule has 0 spiro atoms. The quantitative estimate of drug-likeness (QED) is 0.564. The van der Waals surface area contributed by atoms with Crippen LogP contribution in [0.3, 0.4) is 0 Å². The topological polar surface area (TPSA) is 75.7 Å². The van der Waals surface area contributed by atoms with Gasteiger partial charge in [-0.3, -0.25) is 9.59 Å². The number of nitrogens with zero attached hydrogens (tertiary/aromatic N) is 1. The zero-order chi connectivity index (χ0) is 19.9. The molecule has 2 aromatic rings. The van der Waals surface area contributed by atoms with E-state index in [0.29, 0.717) is 13.0 Å². The van der Waals surface area contributed by atoms with Crippen molar-refractivity contribution in [3.63, 3.8) is 0 Å². The number of esters is 1. The first-order valence-corrected chi connectivity index (χ1v) is 9.39. The normalized spacial score (nSPS) is 16.8. The molecule has 6 nitrogen and oxygen atoms in total. The van der Waals surface area contributed by atoms with E-state index in [1.54, 1.807) is 11.8 Å². The monoisotopic (exact) mass is 380 g/mol. The Kier molecular flexibility index (Phi) is 6.42. The van der Waals surface area contributed by atoms with Crippen LogP contribution in [0.4, 0.5) is 0 Å². The lowest BCUT2D eigenvalue weighted by molar-refractivity contribution is -0.150. The van der Waals surface area contributed by atoms with Crippen LogP contribution < -0.4 is 5.32 Å². The van der Waals surface area contributed by atoms with Crippen molar-refractivity contribution in [3.8, 4) is 0 Å². The summed E-state index contributed by atoms with van der Waals surface area (Å²) in [6.45, 7) is 2.09. The molecule has 1 heterocycles. The highest BCUT2D eigenvalue weighted by molar-refractivity contribution is 5.86. The van der Waals surface area contributed by atoms with Crippen LogP contribution in [0.15, 0.2) is 60.7 Å². The van der Waals surface area contributed by atoms with Gasteiger partial charge in [-0.25, -0.2) is 4.79 Å². The van der Waals surface area contributed by atoms with Crippen LogP contribution in [0, 0.1) is 0 Å². The molecule has 3 rings (SSSR count). The summed E-state index contributed by atoms with van der Waals surface area (Å²) < 4.78 is 5.22. The fourth-order valence-corrected chi connectivity index (χ4v) is 3.16. The van der Waals surface area contributed by atoms with E-state index in [1.807, 2.05) is 60.7 Å². The maximum absolute atomic E-state index is 12.2. The van der Waals surface area contributed by atoms with Gasteiger partial charge in [0.1, 0.15) is 12.6 Å². The lowest BCUT2D eigenvalue weighted by Crippen LogP contribution is -2.48. The molecule has 1 unspecified atom stereocenters. The molecular formula is C22H24N2O4. The molecule has 28 heavy (non-hydrogen) atoms. The molecule has 2 atom stereocenters. The Balaban J connectivity index is 1.42. The summed E-state index contributed by atoms with van der Waals surface area (Å²) in [4.78, 5) is 37.8. The predicted octanol–water partition coefficient (Wildman–Crippen LogP) is 2.60. The van der Waals surface area contributed by atoms with E-state index in [0.717, 1.165) is 11.1 Å². The van der Waals surface area contributed by atoms with Gasteiger partial charge in [0.15, 0.2) is 0 Å². The van der Waals surface area contributed by atoms with Gasteiger partial charge in [-0.1, -0.05) is 60.7 Å². The smallest absolute Gasteiger partial charge is 0.328 e. The number of amides is 2. The Labute approximate surface area is 164 Å². The van der Waals surface area contributed by atoms with Crippen LogP contribution in [-0.4, -0.2) is 35.3 Å². The molecular weight excluding hydrogens is 356 g/mol. The first-order chi connectivity index (χ1) is 13.5. The summed E-state index contributed by atoms with van der Waals surface area (Å²) >= 11 is 0. The van der Waals surface area contributed by atoms with Crippen molar-refractivity contribution in [2.24, 2.45) is 0 Å². The van der Waals surface area contributed by atoms with Crippen LogP contribution >= 0.6 is 0 Å². The van der Waals surface area contributed by atoms with Gasteiger partial charge in [0.05, 0.1) is 12.5 Å². The van der Waals surface area contributed by atoms with Gasteiger partial charge in [0, 0.05) is 13.0 Å². The van der Waals surface area contributed by atoms with Gasteiger partial charge in [-0.05, 0) is 18.1 Å². The van der Waals surface area contributed by atoms with Crippen LogP contribution in [0.5, 0.6) is 0 Å². The second kappa shape index (κ2) is 9.17. The van der Waals surface area contributed by atoms with E-state index < -0.39 is 12.0 Å². The van der Waals surface area contributed by atoms with E-state index in [9.17, 15) is 14.4 Å². The summed E-state index contributed by atoms with van der Waals surface area (Å²) in [5, 5.41) is 2.64. The largest absolute Gasteiger partial charge is 0.459 e. The summed E-state index contributed by atoms with van der Waals surface area (Å²) in [7, 11) is 0. The molecule has 1 fully saturated rings. The number of carbonyl (C=O) groups excluding carboxylic acids is 3. The highest BCUT2D eigenvalue weighted by Crippen LogP contribution is 2.34. The third-order valence-corrected chi connectivity index (χ3v) is 4.78. The number of rotatable bonds is 8. The Morgan fingerprint density at radius 3 is 2.39 bits per heavy atom. The van der Waals surface area contributed by atoms with Gasteiger partial charge in [-0.2, -0.15) is 0 Å². The van der Waals surface area contributed by atoms with E-state index in [4.69, 9.17) is 4.74 Å². The van der Waals surface area contributed by atoms with Crippen LogP contribution in [0.1, 0.15) is 36.9 Å². The number of hydrogen-bond donors (Lipinski definition) is 1. The third kappa shape index (κ3) is 4.97. The summed E-state index contributed by atoms with van der Waals surface area (Å²) in [6.07, 6.45) is 0.610. The van der Waals surface area contributed by atoms with E-state index >= 15 is 0 Å². The minimum absolute atomic E-state index is 0.0229. The summed E-state index contributed by atoms with van der Waals surface area (Å²) in [6, 6.07) is 18.4. The minimum atomic E-state index is -0.742. The summed E-state index contributed by atoms with van der Waals surface area (Å²) in [5.74, 6) is -0.730. The average Bonchev–Trinajstić information content (AvgIpc) is 2.71. The van der Waals surface area contributed by atoms with Gasteiger partial charge in [0.2, 0.25) is 11.8 Å². The zero-order valence-corrected chi connectivity index (χ0v) is 15.8. The molecule has 1 aliphatic rings. The number of benzene rings is 2. The maximum atomic E-state index is 12.2. The van der Waals surface area contributed by atoms with Gasteiger partial charge in [0.25, 0.3) is 0 Å². The zero-order valence-electron chi connectivity index (χ0n) is 15.8. The van der Waals surface area contributed by atoms with Crippen molar-refractivity contribution in [2.75, 3.05) is 6.54 Å². The Hall–Kier alpha value is -3.15. The fourth-order valence-electron chi connectivity index (χ4n) is 3.16. The van der Waals surface area contributed by atoms with Crippen molar-refractivity contribution < 1.29 is 19.1 Å². The van der Waals surface area contributed by atoms with Gasteiger partial charge in [-0.15, -0.1) is 0 Å². The predicted molar refractivity (Wildman–Crippen MR) is 104 cm³/mol. The lowest BCUT2D eigenvalue weighted by atomic mass is 9.93. The SMILES string of the molecule is C[C@H](NC(=O)CCN1C(=O)CC1c1ccccc1)C(=O)OCc1ccccc1. The molecule has 1 saturated heterocycles. The molecule has 0 bridgehead atoms. The first kappa shape index (κ1) is 19.6. The van der Waals surface area contributed by atoms with Crippen molar-refractivity contribution in [2.45, 2.75) is 38.5 Å². The van der Waals surface area contributed by atoms with Gasteiger partial charge >= 0.3 is 5.97 Å². The first-order valence-electron chi connectivity index (χ1n) is 9.39. The number of hydrogen-bond acceptors (Lipinski definition) is 4. The third-order valence-electron chi connectivity index (χ3n) is 4.78. The second-order valence-electron chi connectivity index (χ2n) is 6.85. The molecule has 0 aliphatic carbocycles. The van der Waals surface area contributed by atoms with Crippen molar-refractivity contribution in [3.05, 3.63) is 71.8 Å². The number of likely N-dealkylation sites (tertiary alicyclic amines) is 1. The average molecular weight is 380 g/mol. The Bertz CT molecular complexity index is 823. The van der Waals surface area contributed by atoms with E-state index in [1.165, 1.54) is 0 Å². The van der Waals surface area contributed by atoms with Crippen LogP contribution in [-0.2, 0) is 25.7 Å². The van der Waals surface area contributed by atoms with Crippen molar-refractivity contribution in [1.82, 2.24) is 10.2 Å². The molecule has 0 radical (unpaired) electrons. The molecule has 1 N–H and O–H groups in total. The Morgan fingerprint density at radius 1 is 1.11 bits per heavy atom. The molecule has 2 amide bonds. The maximum Gasteiger partial charge on any atom is 0.328 e. The highest BCUT2D eigenvalue weighted by Gasteiger charge is 2.36. The minimum Gasteiger partial charge on any atom is -0.459 e. The highest BCUT2D eigenvalue weighted by atomic mass is 16.5. The van der Waals surface area contributed by atoms with E-state index in [2.05, 4.69) is 5.32 Å². The lowest BCUT2D eigenvalue weighted by Gasteiger charge is -2.40. The molecule has 1 aliphatic heterocycles. The van der Waals surface area contributed by atoms with Crippen LogP contribution in [0.2, 0.25) is 0 Å². The number of β-lactam (4-membered cyclic amide) rings is 1. The van der Waals surface area contributed by atoms with Crippen LogP contribution in [0.25, 0.3) is 0 Å². The van der Waals surface area contributed by atoms with Crippen molar-refractivity contribution >= 4 is 17.8 Å².